The third kappa shape index (κ3) is 3.57. The molecule has 1 saturated heterocycles. The molecule has 1 aliphatic rings. The highest BCUT2D eigenvalue weighted by atomic mass is 28.2. The van der Waals surface area contributed by atoms with E-state index >= 15 is 0 Å². The highest BCUT2D eigenvalue weighted by Gasteiger charge is 2.48. The first-order valence-corrected chi connectivity index (χ1v) is 11.9. The van der Waals surface area contributed by atoms with E-state index in [0.717, 1.165) is 0 Å². The first-order chi connectivity index (χ1) is 14.8. The van der Waals surface area contributed by atoms with E-state index < -0.39 is 0 Å². The van der Waals surface area contributed by atoms with Crippen LogP contribution < -0.4 is 10.9 Å². The van der Waals surface area contributed by atoms with E-state index in [9.17, 15) is 0 Å². The molecule has 1 aliphatic heterocycles. The lowest BCUT2D eigenvalue weighted by Crippen LogP contribution is -2.68. The smallest absolute Gasteiger partial charge is 0.252 e. The van der Waals surface area contributed by atoms with Gasteiger partial charge in [0, 0.05) is 21.4 Å². The lowest BCUT2D eigenvalue weighted by atomic mass is 9.37. The Morgan fingerprint density at radius 2 is 1.27 bits per heavy atom. The lowest BCUT2D eigenvalue weighted by molar-refractivity contribution is 0.766. The lowest BCUT2D eigenvalue weighted by Gasteiger charge is -2.45. The molecule has 2 atom stereocenters. The van der Waals surface area contributed by atoms with Crippen molar-refractivity contribution in [3.63, 3.8) is 0 Å². The first kappa shape index (κ1) is 19.2. The SMILES string of the molecule is CN1B(c2ccccc2)C(c2ccccc2)[SiH]C(c2ccn[nH]2)B1c1ccccc1. The van der Waals surface area contributed by atoms with Gasteiger partial charge >= 0.3 is 0 Å². The van der Waals surface area contributed by atoms with Crippen molar-refractivity contribution < 1.29 is 0 Å². The predicted molar refractivity (Wildman–Crippen MR) is 129 cm³/mol. The molecule has 2 heterocycles. The average molecular weight is 404 g/mol. The minimum atomic E-state index is 0.0913. The monoisotopic (exact) mass is 404 g/mol. The maximum absolute atomic E-state index is 4.30. The number of nitrogens with one attached hydrogen (secondary N) is 1. The number of rotatable bonds is 4. The largest absolute Gasteiger partial charge is 0.378 e. The van der Waals surface area contributed by atoms with Crippen molar-refractivity contribution in [2.75, 3.05) is 7.05 Å². The van der Waals surface area contributed by atoms with Gasteiger partial charge in [0.25, 0.3) is 13.7 Å². The second kappa shape index (κ2) is 8.50. The summed E-state index contributed by atoms with van der Waals surface area (Å²) in [6.07, 6.45) is 1.89. The van der Waals surface area contributed by atoms with Crippen LogP contribution in [0.15, 0.2) is 103 Å². The molecule has 1 fully saturated rings. The van der Waals surface area contributed by atoms with Crippen LogP contribution in [0.5, 0.6) is 0 Å². The van der Waals surface area contributed by atoms with Crippen LogP contribution in [-0.4, -0.2) is 45.2 Å². The normalized spacial score (nSPS) is 19.8. The van der Waals surface area contributed by atoms with E-state index in [0.29, 0.717) is 24.6 Å². The Bertz CT molecular complexity index is 1060. The zero-order chi connectivity index (χ0) is 20.3. The van der Waals surface area contributed by atoms with E-state index in [1.165, 1.54) is 22.2 Å². The van der Waals surface area contributed by atoms with Crippen LogP contribution in [0.3, 0.4) is 0 Å². The Morgan fingerprint density at radius 3 is 1.80 bits per heavy atom. The van der Waals surface area contributed by atoms with E-state index in [-0.39, 0.29) is 9.52 Å². The average Bonchev–Trinajstić information content (AvgIpc) is 3.35. The molecule has 1 aromatic heterocycles. The van der Waals surface area contributed by atoms with E-state index in [2.05, 4.69) is 119 Å². The van der Waals surface area contributed by atoms with Crippen molar-refractivity contribution in [2.24, 2.45) is 0 Å². The van der Waals surface area contributed by atoms with Crippen molar-refractivity contribution in [1.29, 1.82) is 0 Å². The minimum absolute atomic E-state index is 0.0913. The second-order valence-electron chi connectivity index (χ2n) is 8.04. The van der Waals surface area contributed by atoms with Crippen LogP contribution in [0.1, 0.15) is 22.1 Å². The van der Waals surface area contributed by atoms with Crippen molar-refractivity contribution >= 4 is 34.1 Å². The number of H-pyrrole nitrogens is 1. The van der Waals surface area contributed by atoms with Crippen LogP contribution >= 0.6 is 0 Å². The van der Waals surface area contributed by atoms with E-state index in [4.69, 9.17) is 0 Å². The molecule has 2 unspecified atom stereocenters. The Kier molecular flexibility index (Phi) is 5.43. The van der Waals surface area contributed by atoms with Gasteiger partial charge in [0.05, 0.1) is 0 Å². The van der Waals surface area contributed by atoms with Gasteiger partial charge in [0.15, 0.2) is 0 Å². The number of aromatic amines is 1. The number of hydrogen-bond donors (Lipinski definition) is 1. The third-order valence-corrected chi connectivity index (χ3v) is 8.62. The number of aromatic nitrogens is 2. The molecule has 145 valence electrons. The molecule has 3 nitrogen and oxygen atoms in total. The summed E-state index contributed by atoms with van der Waals surface area (Å²) in [5.41, 5.74) is 6.35. The Hall–Kier alpha value is -2.82. The molecular formula is C24H24B2N3Si. The van der Waals surface area contributed by atoms with Crippen LogP contribution in [0, 0.1) is 0 Å². The number of benzene rings is 3. The van der Waals surface area contributed by atoms with E-state index in [1.54, 1.807) is 0 Å². The van der Waals surface area contributed by atoms with Gasteiger partial charge in [-0.05, 0) is 24.0 Å². The molecule has 1 N–H and O–H groups in total. The molecule has 5 rings (SSSR count). The van der Waals surface area contributed by atoms with Crippen molar-refractivity contribution in [3.8, 4) is 0 Å². The summed E-state index contributed by atoms with van der Waals surface area (Å²) in [5.74, 6) is 0. The summed E-state index contributed by atoms with van der Waals surface area (Å²) >= 11 is 0. The molecule has 1 radical (unpaired) electrons. The number of nitrogens with zero attached hydrogens (tertiary/aromatic N) is 2. The van der Waals surface area contributed by atoms with Crippen LogP contribution in [-0.2, 0) is 0 Å². The molecular weight excluding hydrogens is 380 g/mol. The molecule has 0 spiro atoms. The fraction of sp³-hybridized carbons (Fsp3) is 0.125. The molecule has 0 amide bonds. The standard InChI is InChI=1S/C24H24B2N3Si/c1-29-25(20-13-7-3-8-14-20)23(19-11-5-2-6-12-19)30-24(22-17-18-27-28-22)26(29)21-15-9-4-10-16-21/h2-18,23-24,30H,1H3,(H,27,28). The third-order valence-electron chi connectivity index (χ3n) is 6.32. The Morgan fingerprint density at radius 1 is 0.733 bits per heavy atom. The maximum atomic E-state index is 4.30. The van der Waals surface area contributed by atoms with Gasteiger partial charge in [-0.25, -0.2) is 0 Å². The van der Waals surface area contributed by atoms with Crippen LogP contribution in [0.4, 0.5) is 0 Å². The Labute approximate surface area is 181 Å². The summed E-state index contributed by atoms with van der Waals surface area (Å²) in [6.45, 7) is 0.653. The molecule has 0 saturated carbocycles. The fourth-order valence-electron chi connectivity index (χ4n) is 4.99. The van der Waals surface area contributed by atoms with Gasteiger partial charge in [-0.15, -0.1) is 0 Å². The molecule has 0 aliphatic carbocycles. The quantitative estimate of drug-likeness (QED) is 0.530. The van der Waals surface area contributed by atoms with Crippen LogP contribution in [0.2, 0.25) is 0 Å². The highest BCUT2D eigenvalue weighted by Crippen LogP contribution is 2.33. The second-order valence-corrected chi connectivity index (χ2v) is 9.86. The molecule has 3 aromatic carbocycles. The predicted octanol–water partition coefficient (Wildman–Crippen LogP) is 2.45. The topological polar surface area (TPSA) is 31.9 Å². The van der Waals surface area contributed by atoms with Crippen molar-refractivity contribution in [1.82, 2.24) is 14.9 Å². The van der Waals surface area contributed by atoms with Gasteiger partial charge in [0.1, 0.15) is 0 Å². The summed E-state index contributed by atoms with van der Waals surface area (Å²) in [7, 11) is 2.39. The summed E-state index contributed by atoms with van der Waals surface area (Å²) in [5, 5.41) is 7.59. The first-order valence-electron chi connectivity index (χ1n) is 10.5. The highest BCUT2D eigenvalue weighted by molar-refractivity contribution is 6.98. The zero-order valence-corrected chi connectivity index (χ0v) is 18.3. The summed E-state index contributed by atoms with van der Waals surface area (Å²) in [6, 6.07) is 35.2. The Balaban J connectivity index is 1.65. The van der Waals surface area contributed by atoms with Crippen molar-refractivity contribution in [3.05, 3.63) is 115 Å². The summed E-state index contributed by atoms with van der Waals surface area (Å²) in [4.78, 5) is 0. The number of hydrogen-bond acceptors (Lipinski definition) is 2. The molecule has 4 aromatic rings. The zero-order valence-electron chi connectivity index (χ0n) is 17.1. The van der Waals surface area contributed by atoms with Crippen LogP contribution in [0.25, 0.3) is 0 Å². The van der Waals surface area contributed by atoms with Crippen molar-refractivity contribution in [2.45, 2.75) is 10.9 Å². The van der Waals surface area contributed by atoms with Gasteiger partial charge in [-0.3, -0.25) is 5.10 Å². The van der Waals surface area contributed by atoms with Gasteiger partial charge in [-0.2, -0.15) is 5.10 Å². The fourth-order valence-corrected chi connectivity index (χ4v) is 7.69. The molecule has 30 heavy (non-hydrogen) atoms. The van der Waals surface area contributed by atoms with Gasteiger partial charge in [-0.1, -0.05) is 107 Å². The van der Waals surface area contributed by atoms with Gasteiger partial charge < -0.3 is 4.72 Å². The minimum Gasteiger partial charge on any atom is -0.378 e. The summed E-state index contributed by atoms with van der Waals surface area (Å²) < 4.78 is 2.60. The van der Waals surface area contributed by atoms with Gasteiger partial charge in [0.2, 0.25) is 0 Å². The molecule has 0 bridgehead atoms. The van der Waals surface area contributed by atoms with E-state index in [1.807, 2.05) is 6.20 Å². The maximum Gasteiger partial charge on any atom is 0.252 e. The molecule has 6 heteroatoms.